The second-order valence-electron chi connectivity index (χ2n) is 10.9. The standard InChI is InChI=1S/C39H24N2O/c1-2-8-32-30(7-1)23-34-33-9-3-4-10-36(33)42-39(34)38(32)31-19-18-28-21-27(16-17-29(28)22-31)25-12-14-26(15-13-25)35-24-41-20-6-5-11-37(41)40-35/h1-24H. The molecule has 196 valence electrons. The molecule has 0 bridgehead atoms. The van der Waals surface area contributed by atoms with Crippen molar-refractivity contribution < 1.29 is 4.42 Å². The van der Waals surface area contributed by atoms with Gasteiger partial charge in [0.05, 0.1) is 5.69 Å². The summed E-state index contributed by atoms with van der Waals surface area (Å²) >= 11 is 0. The van der Waals surface area contributed by atoms with E-state index in [0.29, 0.717) is 0 Å². The number of hydrogen-bond donors (Lipinski definition) is 0. The Morgan fingerprint density at radius 1 is 0.500 bits per heavy atom. The van der Waals surface area contributed by atoms with E-state index in [9.17, 15) is 0 Å². The van der Waals surface area contributed by atoms with Crippen LogP contribution in [0, 0.1) is 0 Å². The maximum atomic E-state index is 6.49. The van der Waals surface area contributed by atoms with Crippen LogP contribution >= 0.6 is 0 Å². The molecule has 0 saturated heterocycles. The van der Waals surface area contributed by atoms with Crippen LogP contribution in [0.1, 0.15) is 0 Å². The minimum Gasteiger partial charge on any atom is -0.455 e. The quantitative estimate of drug-likeness (QED) is 0.225. The van der Waals surface area contributed by atoms with Gasteiger partial charge in [0.1, 0.15) is 16.8 Å². The first-order valence-electron chi connectivity index (χ1n) is 14.2. The van der Waals surface area contributed by atoms with Gasteiger partial charge in [0, 0.05) is 34.3 Å². The van der Waals surface area contributed by atoms with Gasteiger partial charge in [-0.1, -0.05) is 97.1 Å². The molecule has 3 heterocycles. The van der Waals surface area contributed by atoms with Gasteiger partial charge in [0.15, 0.2) is 0 Å². The fourth-order valence-corrected chi connectivity index (χ4v) is 6.30. The second-order valence-corrected chi connectivity index (χ2v) is 10.9. The maximum Gasteiger partial charge on any atom is 0.143 e. The summed E-state index contributed by atoms with van der Waals surface area (Å²) in [5.74, 6) is 0. The molecule has 3 aromatic heterocycles. The Morgan fingerprint density at radius 3 is 2.05 bits per heavy atom. The number of nitrogens with zero attached hydrogens (tertiary/aromatic N) is 2. The molecule has 0 amide bonds. The normalized spacial score (nSPS) is 11.8. The zero-order valence-corrected chi connectivity index (χ0v) is 22.7. The molecule has 0 aliphatic heterocycles. The molecule has 9 aromatic rings. The number of fused-ring (bicyclic) bond motifs is 6. The fraction of sp³-hybridized carbons (Fsp3) is 0. The summed E-state index contributed by atoms with van der Waals surface area (Å²) in [6, 6.07) is 47.4. The molecule has 0 fully saturated rings. The minimum atomic E-state index is 0.918. The SMILES string of the molecule is c1ccc2c(-c3ccc4cc(-c5ccc(-c6cn7ccccc7n6)cc5)ccc4c3)c3oc4ccccc4c3cc2c1. The third-order valence-corrected chi connectivity index (χ3v) is 8.40. The van der Waals surface area contributed by atoms with E-state index in [4.69, 9.17) is 9.40 Å². The van der Waals surface area contributed by atoms with Crippen molar-refractivity contribution in [3.8, 4) is 33.5 Å². The third-order valence-electron chi connectivity index (χ3n) is 8.40. The maximum absolute atomic E-state index is 6.49. The molecule has 0 spiro atoms. The molecule has 3 heteroatoms. The van der Waals surface area contributed by atoms with Gasteiger partial charge >= 0.3 is 0 Å². The highest BCUT2D eigenvalue weighted by atomic mass is 16.3. The number of hydrogen-bond acceptors (Lipinski definition) is 2. The highest BCUT2D eigenvalue weighted by Gasteiger charge is 2.16. The lowest BCUT2D eigenvalue weighted by Gasteiger charge is -2.11. The van der Waals surface area contributed by atoms with E-state index in [1.54, 1.807) is 0 Å². The van der Waals surface area contributed by atoms with Crippen LogP contribution in [0.2, 0.25) is 0 Å². The largest absolute Gasteiger partial charge is 0.455 e. The van der Waals surface area contributed by atoms with Gasteiger partial charge in [-0.25, -0.2) is 4.98 Å². The van der Waals surface area contributed by atoms with Crippen LogP contribution in [0.25, 0.3) is 82.6 Å². The molecule has 0 atom stereocenters. The molecule has 42 heavy (non-hydrogen) atoms. The Kier molecular flexibility index (Phi) is 4.90. The van der Waals surface area contributed by atoms with Crippen molar-refractivity contribution in [1.82, 2.24) is 9.38 Å². The summed E-state index contributed by atoms with van der Waals surface area (Å²) in [6.45, 7) is 0. The predicted octanol–water partition coefficient (Wildman–Crippen LogP) is 10.5. The van der Waals surface area contributed by atoms with Crippen LogP contribution in [-0.2, 0) is 0 Å². The summed E-state index contributed by atoms with van der Waals surface area (Å²) in [7, 11) is 0. The van der Waals surface area contributed by atoms with Gasteiger partial charge in [-0.3, -0.25) is 0 Å². The van der Waals surface area contributed by atoms with Gasteiger partial charge in [-0.15, -0.1) is 0 Å². The topological polar surface area (TPSA) is 30.4 Å². The lowest BCUT2D eigenvalue weighted by atomic mass is 9.93. The van der Waals surface area contributed by atoms with E-state index < -0.39 is 0 Å². The van der Waals surface area contributed by atoms with Gasteiger partial charge in [0.2, 0.25) is 0 Å². The molecule has 6 aromatic carbocycles. The first kappa shape index (κ1) is 23.1. The van der Waals surface area contributed by atoms with E-state index >= 15 is 0 Å². The molecule has 0 radical (unpaired) electrons. The van der Waals surface area contributed by atoms with Gasteiger partial charge in [-0.05, 0) is 74.6 Å². The number of aromatic nitrogens is 2. The highest BCUT2D eigenvalue weighted by Crippen LogP contribution is 2.42. The number of furan rings is 1. The van der Waals surface area contributed by atoms with E-state index in [0.717, 1.165) is 50.0 Å². The Bertz CT molecular complexity index is 2430. The van der Waals surface area contributed by atoms with Gasteiger partial charge in [0.25, 0.3) is 0 Å². The zero-order chi connectivity index (χ0) is 27.6. The van der Waals surface area contributed by atoms with Crippen molar-refractivity contribution >= 4 is 49.1 Å². The molecule has 3 nitrogen and oxygen atoms in total. The molecular weight excluding hydrogens is 512 g/mol. The average molecular weight is 537 g/mol. The lowest BCUT2D eigenvalue weighted by molar-refractivity contribution is 0.670. The van der Waals surface area contributed by atoms with Crippen LogP contribution in [0.15, 0.2) is 150 Å². The van der Waals surface area contributed by atoms with Crippen molar-refractivity contribution in [2.75, 3.05) is 0 Å². The van der Waals surface area contributed by atoms with Gasteiger partial charge < -0.3 is 8.82 Å². The molecule has 0 N–H and O–H groups in total. The monoisotopic (exact) mass is 536 g/mol. The number of para-hydroxylation sites is 1. The van der Waals surface area contributed by atoms with Crippen LogP contribution in [0.5, 0.6) is 0 Å². The predicted molar refractivity (Wildman–Crippen MR) is 174 cm³/mol. The molecule has 9 rings (SSSR count). The van der Waals surface area contributed by atoms with E-state index in [1.165, 1.54) is 32.7 Å². The number of benzene rings is 6. The number of imidazole rings is 1. The summed E-state index contributed by atoms with van der Waals surface area (Å²) in [5.41, 5.74) is 9.59. The number of pyridine rings is 1. The van der Waals surface area contributed by atoms with Crippen LogP contribution in [0.3, 0.4) is 0 Å². The minimum absolute atomic E-state index is 0.918. The molecular formula is C39H24N2O. The first-order chi connectivity index (χ1) is 20.8. The Balaban J connectivity index is 1.13. The van der Waals surface area contributed by atoms with Crippen LogP contribution in [0.4, 0.5) is 0 Å². The summed E-state index contributed by atoms with van der Waals surface area (Å²) in [4.78, 5) is 4.77. The zero-order valence-electron chi connectivity index (χ0n) is 22.7. The molecule has 0 aliphatic carbocycles. The smallest absolute Gasteiger partial charge is 0.143 e. The molecule has 0 saturated carbocycles. The van der Waals surface area contributed by atoms with E-state index in [2.05, 4.69) is 120 Å². The van der Waals surface area contributed by atoms with Crippen LogP contribution < -0.4 is 0 Å². The first-order valence-corrected chi connectivity index (χ1v) is 14.2. The highest BCUT2D eigenvalue weighted by molar-refractivity contribution is 6.18. The van der Waals surface area contributed by atoms with Crippen molar-refractivity contribution in [1.29, 1.82) is 0 Å². The van der Waals surface area contributed by atoms with E-state index in [1.807, 2.05) is 30.5 Å². The van der Waals surface area contributed by atoms with Crippen molar-refractivity contribution in [2.24, 2.45) is 0 Å². The summed E-state index contributed by atoms with van der Waals surface area (Å²) < 4.78 is 8.54. The molecule has 0 unspecified atom stereocenters. The second kappa shape index (κ2) is 8.92. The lowest BCUT2D eigenvalue weighted by Crippen LogP contribution is -1.85. The van der Waals surface area contributed by atoms with E-state index in [-0.39, 0.29) is 0 Å². The Labute approximate surface area is 241 Å². The van der Waals surface area contributed by atoms with Crippen molar-refractivity contribution in [3.05, 3.63) is 146 Å². The van der Waals surface area contributed by atoms with Crippen molar-refractivity contribution in [2.45, 2.75) is 0 Å². The summed E-state index contributed by atoms with van der Waals surface area (Å²) in [6.07, 6.45) is 4.10. The Hall–Kier alpha value is -5.67. The summed E-state index contributed by atoms with van der Waals surface area (Å²) in [5, 5.41) is 7.13. The number of rotatable bonds is 3. The average Bonchev–Trinajstić information content (AvgIpc) is 3.65. The fourth-order valence-electron chi connectivity index (χ4n) is 6.30. The van der Waals surface area contributed by atoms with Crippen molar-refractivity contribution in [3.63, 3.8) is 0 Å². The third kappa shape index (κ3) is 3.57. The van der Waals surface area contributed by atoms with Gasteiger partial charge in [-0.2, -0.15) is 0 Å². The Morgan fingerprint density at radius 2 is 1.19 bits per heavy atom. The van der Waals surface area contributed by atoms with Crippen LogP contribution in [-0.4, -0.2) is 9.38 Å². The molecule has 0 aliphatic rings.